The number of nitrogens with one attached hydrogen (secondary N) is 1. The average Bonchev–Trinajstić information content (AvgIpc) is 3.70. The Morgan fingerprint density at radius 3 is 2.28 bits per heavy atom. The number of rotatable bonds is 6. The van der Waals surface area contributed by atoms with Crippen LogP contribution in [0.25, 0.3) is 27.9 Å². The van der Waals surface area contributed by atoms with Gasteiger partial charge in [-0.3, -0.25) is 9.78 Å². The zero-order valence-corrected chi connectivity index (χ0v) is 25.3. The minimum Gasteiger partial charge on any atom is -0.369 e. The molecule has 0 saturated carbocycles. The number of benzene rings is 2. The van der Waals surface area contributed by atoms with Crippen LogP contribution in [-0.4, -0.2) is 64.0 Å². The van der Waals surface area contributed by atoms with Gasteiger partial charge in [0.25, 0.3) is 5.91 Å². The number of carbonyl (C=O) groups excluding carboxylic acids is 1. The van der Waals surface area contributed by atoms with Gasteiger partial charge in [-0.05, 0) is 55.4 Å². The van der Waals surface area contributed by atoms with Crippen LogP contribution in [0.5, 0.6) is 0 Å². The summed E-state index contributed by atoms with van der Waals surface area (Å²) in [4.78, 5) is 22.2. The topological polar surface area (TPSA) is 92.3 Å². The van der Waals surface area contributed by atoms with Gasteiger partial charge >= 0.3 is 0 Å². The molecule has 220 valence electrons. The van der Waals surface area contributed by atoms with Crippen LogP contribution in [0.1, 0.15) is 42.6 Å². The first-order chi connectivity index (χ1) is 20.6. The number of amides is 1. The number of aromatic nitrogens is 4. The van der Waals surface area contributed by atoms with Crippen molar-refractivity contribution in [3.63, 3.8) is 0 Å². The molecule has 1 saturated heterocycles. The van der Waals surface area contributed by atoms with Gasteiger partial charge in [-0.2, -0.15) is 5.10 Å². The SMILES string of the molecule is Cc1ccc(NC(=O)c2cc(C(C)(C)C)on2)cc1-n1cc(-c2cncc(-c3ccc(N4CCN(C)CC4)cc3)c2)cn1. The molecule has 0 radical (unpaired) electrons. The zero-order valence-electron chi connectivity index (χ0n) is 25.3. The Labute approximate surface area is 252 Å². The number of hydrogen-bond acceptors (Lipinski definition) is 7. The number of nitrogens with zero attached hydrogens (tertiary/aromatic N) is 6. The van der Waals surface area contributed by atoms with Gasteiger partial charge in [-0.15, -0.1) is 0 Å². The predicted molar refractivity (Wildman–Crippen MR) is 170 cm³/mol. The van der Waals surface area contributed by atoms with E-state index >= 15 is 0 Å². The van der Waals surface area contributed by atoms with Gasteiger partial charge < -0.3 is 19.6 Å². The van der Waals surface area contributed by atoms with Gasteiger partial charge in [0.2, 0.25) is 0 Å². The zero-order chi connectivity index (χ0) is 30.1. The third-order valence-corrected chi connectivity index (χ3v) is 7.92. The van der Waals surface area contributed by atoms with Crippen LogP contribution in [0.3, 0.4) is 0 Å². The van der Waals surface area contributed by atoms with Crippen molar-refractivity contribution >= 4 is 17.3 Å². The van der Waals surface area contributed by atoms with Crippen molar-refractivity contribution in [1.82, 2.24) is 24.8 Å². The fraction of sp³-hybridized carbons (Fsp3) is 0.294. The summed E-state index contributed by atoms with van der Waals surface area (Å²) >= 11 is 0. The van der Waals surface area contributed by atoms with E-state index in [1.54, 1.807) is 6.07 Å². The summed E-state index contributed by atoms with van der Waals surface area (Å²) in [5.74, 6) is 0.335. The van der Waals surface area contributed by atoms with E-state index in [9.17, 15) is 4.79 Å². The lowest BCUT2D eigenvalue weighted by atomic mass is 9.93. The van der Waals surface area contributed by atoms with Crippen molar-refractivity contribution in [3.8, 4) is 27.9 Å². The molecule has 5 aromatic rings. The van der Waals surface area contributed by atoms with Crippen molar-refractivity contribution in [2.24, 2.45) is 0 Å². The first-order valence-electron chi connectivity index (χ1n) is 14.6. The summed E-state index contributed by atoms with van der Waals surface area (Å²) in [6.45, 7) is 12.3. The second kappa shape index (κ2) is 11.5. The summed E-state index contributed by atoms with van der Waals surface area (Å²) < 4.78 is 7.21. The van der Waals surface area contributed by atoms with Crippen molar-refractivity contribution in [2.45, 2.75) is 33.1 Å². The lowest BCUT2D eigenvalue weighted by molar-refractivity contribution is 0.101. The van der Waals surface area contributed by atoms with Gasteiger partial charge in [0.05, 0.1) is 11.9 Å². The van der Waals surface area contributed by atoms with Crippen LogP contribution in [0.2, 0.25) is 0 Å². The first-order valence-corrected chi connectivity index (χ1v) is 14.6. The molecule has 9 nitrogen and oxygen atoms in total. The summed E-state index contributed by atoms with van der Waals surface area (Å²) in [6.07, 6.45) is 7.58. The fourth-order valence-corrected chi connectivity index (χ4v) is 5.15. The number of piperazine rings is 1. The highest BCUT2D eigenvalue weighted by atomic mass is 16.5. The highest BCUT2D eigenvalue weighted by Gasteiger charge is 2.22. The highest BCUT2D eigenvalue weighted by Crippen LogP contribution is 2.29. The van der Waals surface area contributed by atoms with Crippen molar-refractivity contribution < 1.29 is 9.32 Å². The monoisotopic (exact) mass is 575 g/mol. The van der Waals surface area contributed by atoms with E-state index < -0.39 is 0 Å². The number of pyridine rings is 1. The quantitative estimate of drug-likeness (QED) is 0.258. The molecular formula is C34H37N7O2. The number of anilines is 2. The Hall–Kier alpha value is -4.76. The molecule has 2 aromatic carbocycles. The third-order valence-electron chi connectivity index (χ3n) is 7.92. The molecule has 1 aliphatic rings. The van der Waals surface area contributed by atoms with Gasteiger partial charge in [-0.1, -0.05) is 44.1 Å². The molecule has 3 aromatic heterocycles. The van der Waals surface area contributed by atoms with Crippen molar-refractivity contribution in [2.75, 3.05) is 43.4 Å². The van der Waals surface area contributed by atoms with Crippen LogP contribution in [0.15, 0.2) is 83.9 Å². The molecule has 9 heteroatoms. The molecule has 6 rings (SSSR count). The van der Waals surface area contributed by atoms with Gasteiger partial charge in [0, 0.05) is 84.3 Å². The van der Waals surface area contributed by atoms with Crippen LogP contribution >= 0.6 is 0 Å². The smallest absolute Gasteiger partial charge is 0.277 e. The maximum atomic E-state index is 12.9. The van der Waals surface area contributed by atoms with E-state index in [4.69, 9.17) is 4.52 Å². The van der Waals surface area contributed by atoms with Gasteiger partial charge in [0.15, 0.2) is 5.69 Å². The molecule has 0 bridgehead atoms. The van der Waals surface area contributed by atoms with E-state index in [0.29, 0.717) is 11.4 Å². The summed E-state index contributed by atoms with van der Waals surface area (Å²) in [5, 5.41) is 11.5. The lowest BCUT2D eigenvalue weighted by Gasteiger charge is -2.34. The van der Waals surface area contributed by atoms with Crippen LogP contribution in [0.4, 0.5) is 11.4 Å². The number of carbonyl (C=O) groups is 1. The normalized spacial score (nSPS) is 14.2. The summed E-state index contributed by atoms with van der Waals surface area (Å²) in [5.41, 5.74) is 7.92. The summed E-state index contributed by atoms with van der Waals surface area (Å²) in [7, 11) is 2.17. The largest absolute Gasteiger partial charge is 0.369 e. The van der Waals surface area contributed by atoms with Crippen LogP contribution in [0, 0.1) is 6.92 Å². The minimum absolute atomic E-state index is 0.232. The molecule has 1 N–H and O–H groups in total. The van der Waals surface area contributed by atoms with Crippen LogP contribution in [-0.2, 0) is 5.41 Å². The molecule has 1 amide bonds. The third kappa shape index (κ3) is 6.22. The van der Waals surface area contributed by atoms with Crippen molar-refractivity contribution in [3.05, 3.63) is 96.4 Å². The fourth-order valence-electron chi connectivity index (χ4n) is 5.15. The molecule has 0 atom stereocenters. The molecule has 1 fully saturated rings. The number of hydrogen-bond donors (Lipinski definition) is 1. The van der Waals surface area contributed by atoms with E-state index in [2.05, 4.69) is 67.7 Å². The predicted octanol–water partition coefficient (Wildman–Crippen LogP) is 6.20. The molecule has 4 heterocycles. The van der Waals surface area contributed by atoms with E-state index in [1.165, 1.54) is 5.69 Å². The highest BCUT2D eigenvalue weighted by molar-refractivity contribution is 6.03. The maximum Gasteiger partial charge on any atom is 0.277 e. The molecule has 0 spiro atoms. The Balaban J connectivity index is 1.19. The number of likely N-dealkylation sites (N-methyl/N-ethyl adjacent to an activating group) is 1. The van der Waals surface area contributed by atoms with E-state index in [0.717, 1.165) is 59.7 Å². The average molecular weight is 576 g/mol. The van der Waals surface area contributed by atoms with Crippen LogP contribution < -0.4 is 10.2 Å². The van der Waals surface area contributed by atoms with E-state index in [-0.39, 0.29) is 17.0 Å². The Bertz CT molecular complexity index is 1740. The Morgan fingerprint density at radius 2 is 1.58 bits per heavy atom. The maximum absolute atomic E-state index is 12.9. The molecule has 0 unspecified atom stereocenters. The number of aryl methyl sites for hydroxylation is 1. The second-order valence-corrected chi connectivity index (χ2v) is 12.3. The molecule has 1 aliphatic heterocycles. The second-order valence-electron chi connectivity index (χ2n) is 12.3. The standard InChI is InChI=1S/C34H37N7O2/c1-23-6-9-28(37-33(42)30-18-32(43-38-30)34(2,3)4)17-31(23)41-22-27(21-36-41)26-16-25(19-35-20-26)24-7-10-29(11-8-24)40-14-12-39(5)13-15-40/h6-11,16-22H,12-15H2,1-5H3,(H,37,42). The van der Waals surface area contributed by atoms with Gasteiger partial charge in [-0.25, -0.2) is 4.68 Å². The Kier molecular flexibility index (Phi) is 7.58. The molecule has 43 heavy (non-hydrogen) atoms. The summed E-state index contributed by atoms with van der Waals surface area (Å²) in [6, 6.07) is 18.3. The molecule has 0 aliphatic carbocycles. The Morgan fingerprint density at radius 1 is 0.860 bits per heavy atom. The first kappa shape index (κ1) is 28.4. The van der Waals surface area contributed by atoms with Crippen molar-refractivity contribution in [1.29, 1.82) is 0 Å². The molecular weight excluding hydrogens is 538 g/mol. The lowest BCUT2D eigenvalue weighted by Crippen LogP contribution is -2.44. The van der Waals surface area contributed by atoms with E-state index in [1.807, 2.05) is 75.4 Å². The van der Waals surface area contributed by atoms with Gasteiger partial charge in [0.1, 0.15) is 5.76 Å². The minimum atomic E-state index is -0.324.